The van der Waals surface area contributed by atoms with Crippen LogP contribution in [0.15, 0.2) is 0 Å². The second-order valence-corrected chi connectivity index (χ2v) is 6.82. The number of aromatic nitrogens is 1. The first-order valence-electron chi connectivity index (χ1n) is 5.91. The van der Waals surface area contributed by atoms with Crippen molar-refractivity contribution in [3.8, 4) is 0 Å². The van der Waals surface area contributed by atoms with Crippen LogP contribution in [0.25, 0.3) is 0 Å². The van der Waals surface area contributed by atoms with Gasteiger partial charge in [-0.05, 0) is 6.42 Å². The summed E-state index contributed by atoms with van der Waals surface area (Å²) in [7, 11) is 0. The number of nitrogens with zero attached hydrogens (tertiary/aromatic N) is 2. The minimum absolute atomic E-state index is 0.0220. The lowest BCUT2D eigenvalue weighted by molar-refractivity contribution is 0.405. The summed E-state index contributed by atoms with van der Waals surface area (Å²) in [6, 6.07) is 0. The lowest BCUT2D eigenvalue weighted by atomic mass is 10.1. The Morgan fingerprint density at radius 3 is 2.21 bits per heavy atom. The Labute approximate surface area is 113 Å². The van der Waals surface area contributed by atoms with Crippen LogP contribution in [-0.2, 0) is 0 Å². The van der Waals surface area contributed by atoms with Crippen molar-refractivity contribution in [1.82, 2.24) is 4.98 Å². The third kappa shape index (κ3) is 2.96. The van der Waals surface area contributed by atoms with E-state index in [2.05, 4.69) is 4.98 Å². The van der Waals surface area contributed by atoms with Crippen LogP contribution < -0.4 is 4.90 Å². The van der Waals surface area contributed by atoms with Crippen LogP contribution in [0.4, 0.5) is 23.2 Å². The van der Waals surface area contributed by atoms with Crippen LogP contribution in [0, 0.1) is 23.5 Å². The molecular formula is C12H14F4N2S. The standard InChI is InChI=1S/C12H14F4N2S/c1-12(2)3-4-18(5-6-19-12)9-7(13)10(15)17-11(16)8(9)14/h3-6H2,1-2H3. The third-order valence-electron chi connectivity index (χ3n) is 3.13. The summed E-state index contributed by atoms with van der Waals surface area (Å²) in [6.45, 7) is 4.74. The monoisotopic (exact) mass is 294 g/mol. The molecule has 106 valence electrons. The maximum Gasteiger partial charge on any atom is 0.253 e. The molecule has 0 bridgehead atoms. The second kappa shape index (κ2) is 5.19. The van der Waals surface area contributed by atoms with E-state index in [0.717, 1.165) is 0 Å². The predicted octanol–water partition coefficient (Wildman–Crippen LogP) is 3.36. The molecule has 0 spiro atoms. The van der Waals surface area contributed by atoms with E-state index in [-0.39, 0.29) is 4.75 Å². The molecule has 2 heterocycles. The number of anilines is 1. The van der Waals surface area contributed by atoms with Crippen LogP contribution in [-0.4, -0.2) is 28.6 Å². The minimum Gasteiger partial charge on any atom is -0.366 e. The SMILES string of the molecule is CC1(C)CCN(c2c(F)c(F)nc(F)c2F)CCS1. The molecule has 0 radical (unpaired) electrons. The summed E-state index contributed by atoms with van der Waals surface area (Å²) in [5.74, 6) is -5.43. The second-order valence-electron chi connectivity index (χ2n) is 5.02. The van der Waals surface area contributed by atoms with Gasteiger partial charge >= 0.3 is 0 Å². The van der Waals surface area contributed by atoms with E-state index in [1.807, 2.05) is 13.8 Å². The van der Waals surface area contributed by atoms with Gasteiger partial charge in [0.25, 0.3) is 11.9 Å². The summed E-state index contributed by atoms with van der Waals surface area (Å²) in [6.07, 6.45) is 0.669. The fourth-order valence-corrected chi connectivity index (χ4v) is 3.10. The minimum atomic E-state index is -1.61. The zero-order valence-electron chi connectivity index (χ0n) is 10.6. The zero-order chi connectivity index (χ0) is 14.2. The molecule has 1 saturated heterocycles. The molecule has 0 amide bonds. The van der Waals surface area contributed by atoms with Crippen molar-refractivity contribution in [3.05, 3.63) is 23.5 Å². The van der Waals surface area contributed by atoms with Crippen molar-refractivity contribution in [2.75, 3.05) is 23.7 Å². The molecule has 1 aliphatic heterocycles. The summed E-state index contributed by atoms with van der Waals surface area (Å²) in [4.78, 5) is 3.91. The van der Waals surface area contributed by atoms with Gasteiger partial charge in [-0.3, -0.25) is 0 Å². The third-order valence-corrected chi connectivity index (χ3v) is 4.50. The first kappa shape index (κ1) is 14.4. The topological polar surface area (TPSA) is 16.1 Å². The van der Waals surface area contributed by atoms with E-state index in [1.165, 1.54) is 4.90 Å². The van der Waals surface area contributed by atoms with Gasteiger partial charge in [0.1, 0.15) is 5.69 Å². The molecule has 0 saturated carbocycles. The van der Waals surface area contributed by atoms with Crippen molar-refractivity contribution < 1.29 is 17.6 Å². The molecule has 0 N–H and O–H groups in total. The highest BCUT2D eigenvalue weighted by Gasteiger charge is 2.29. The van der Waals surface area contributed by atoms with Crippen molar-refractivity contribution in [3.63, 3.8) is 0 Å². The molecule has 2 rings (SSSR count). The Kier molecular flexibility index (Phi) is 3.94. The quantitative estimate of drug-likeness (QED) is 0.583. The summed E-state index contributed by atoms with van der Waals surface area (Å²) in [5, 5.41) is 0. The van der Waals surface area contributed by atoms with Crippen molar-refractivity contribution in [2.24, 2.45) is 0 Å². The highest BCUT2D eigenvalue weighted by atomic mass is 32.2. The maximum atomic E-state index is 13.7. The zero-order valence-corrected chi connectivity index (χ0v) is 11.5. The van der Waals surface area contributed by atoms with Crippen molar-refractivity contribution >= 4 is 17.4 Å². The molecular weight excluding hydrogens is 280 g/mol. The van der Waals surface area contributed by atoms with Crippen molar-refractivity contribution in [1.29, 1.82) is 0 Å². The van der Waals surface area contributed by atoms with Gasteiger partial charge in [0.2, 0.25) is 11.6 Å². The number of halogens is 4. The van der Waals surface area contributed by atoms with Gasteiger partial charge in [0, 0.05) is 23.6 Å². The molecule has 1 fully saturated rings. The van der Waals surface area contributed by atoms with E-state index in [0.29, 0.717) is 25.3 Å². The van der Waals surface area contributed by atoms with Crippen LogP contribution in [0.5, 0.6) is 0 Å². The molecule has 0 aliphatic carbocycles. The number of thioether (sulfide) groups is 1. The van der Waals surface area contributed by atoms with Crippen LogP contribution in [0.2, 0.25) is 0 Å². The smallest absolute Gasteiger partial charge is 0.253 e. The van der Waals surface area contributed by atoms with E-state index in [4.69, 9.17) is 0 Å². The van der Waals surface area contributed by atoms with Crippen molar-refractivity contribution in [2.45, 2.75) is 25.0 Å². The van der Waals surface area contributed by atoms with Gasteiger partial charge in [0.15, 0.2) is 0 Å². The Balaban J connectivity index is 2.37. The predicted molar refractivity (Wildman–Crippen MR) is 67.4 cm³/mol. The molecule has 1 aromatic rings. The van der Waals surface area contributed by atoms with Crippen LogP contribution in [0.3, 0.4) is 0 Å². The lowest BCUT2D eigenvalue weighted by Gasteiger charge is -2.24. The fourth-order valence-electron chi connectivity index (χ4n) is 2.00. The van der Waals surface area contributed by atoms with E-state index in [1.54, 1.807) is 11.8 Å². The van der Waals surface area contributed by atoms with Gasteiger partial charge in [0.05, 0.1) is 0 Å². The molecule has 1 aromatic heterocycles. The first-order valence-corrected chi connectivity index (χ1v) is 6.89. The summed E-state index contributed by atoms with van der Waals surface area (Å²) >= 11 is 1.67. The Morgan fingerprint density at radius 1 is 1.05 bits per heavy atom. The average molecular weight is 294 g/mol. The van der Waals surface area contributed by atoms with Crippen LogP contribution in [0.1, 0.15) is 20.3 Å². The lowest BCUT2D eigenvalue weighted by Crippen LogP contribution is -2.29. The molecule has 19 heavy (non-hydrogen) atoms. The number of hydrogen-bond acceptors (Lipinski definition) is 3. The number of pyridine rings is 1. The summed E-state index contributed by atoms with van der Waals surface area (Å²) in [5.41, 5.74) is -0.650. The van der Waals surface area contributed by atoms with Gasteiger partial charge in [-0.25, -0.2) is 0 Å². The number of rotatable bonds is 1. The largest absolute Gasteiger partial charge is 0.366 e. The van der Waals surface area contributed by atoms with E-state index in [9.17, 15) is 17.6 Å². The van der Waals surface area contributed by atoms with Gasteiger partial charge < -0.3 is 4.90 Å². The van der Waals surface area contributed by atoms with E-state index >= 15 is 0 Å². The Hall–Kier alpha value is -0.980. The molecule has 1 aliphatic rings. The van der Waals surface area contributed by atoms with Gasteiger partial charge in [-0.1, -0.05) is 13.8 Å². The number of hydrogen-bond donors (Lipinski definition) is 0. The first-order chi connectivity index (χ1) is 8.82. The van der Waals surface area contributed by atoms with E-state index < -0.39 is 29.2 Å². The fraction of sp³-hybridized carbons (Fsp3) is 0.583. The molecule has 0 atom stereocenters. The van der Waals surface area contributed by atoms with Gasteiger partial charge in [-0.2, -0.15) is 34.3 Å². The van der Waals surface area contributed by atoms with Gasteiger partial charge in [-0.15, -0.1) is 0 Å². The molecule has 0 unspecified atom stereocenters. The van der Waals surface area contributed by atoms with Crippen LogP contribution >= 0.6 is 11.8 Å². The summed E-state index contributed by atoms with van der Waals surface area (Å²) < 4.78 is 53.5. The molecule has 0 aromatic carbocycles. The Bertz CT molecular complexity index is 467. The Morgan fingerprint density at radius 2 is 1.63 bits per heavy atom. The highest BCUT2D eigenvalue weighted by Crippen LogP contribution is 2.34. The molecule has 2 nitrogen and oxygen atoms in total. The normalized spacial score (nSPS) is 19.4. The average Bonchev–Trinajstić information content (AvgIpc) is 2.49. The molecule has 7 heteroatoms. The maximum absolute atomic E-state index is 13.7. The highest BCUT2D eigenvalue weighted by molar-refractivity contribution is 8.00.